The van der Waals surface area contributed by atoms with E-state index in [1.54, 1.807) is 0 Å². The summed E-state index contributed by atoms with van der Waals surface area (Å²) in [6, 6.07) is 0. The third-order valence-electron chi connectivity index (χ3n) is 2.52. The Kier molecular flexibility index (Phi) is 2.56. The smallest absolute Gasteiger partial charge is 0.103 e. The quantitative estimate of drug-likeness (QED) is 0.748. The molecular weight excluding hydrogens is 178 g/mol. The molecule has 1 saturated heterocycles. The van der Waals surface area contributed by atoms with Crippen molar-refractivity contribution in [3.63, 3.8) is 0 Å². The largest absolute Gasteiger partial charge is 0.380 e. The van der Waals surface area contributed by atoms with Gasteiger partial charge in [-0.2, -0.15) is 0 Å². The molecule has 0 atom stereocenters. The molecule has 2 rings (SSSR count). The van der Waals surface area contributed by atoms with Crippen LogP contribution in [0, 0.1) is 12.3 Å². The van der Waals surface area contributed by atoms with E-state index >= 15 is 0 Å². The molecule has 1 fully saturated rings. The van der Waals surface area contributed by atoms with Gasteiger partial charge in [0.2, 0.25) is 0 Å². The third kappa shape index (κ3) is 2.13. The average molecular weight is 195 g/mol. The Balaban J connectivity index is 1.72. The lowest BCUT2D eigenvalue weighted by atomic mass is 9.89. The summed E-state index contributed by atoms with van der Waals surface area (Å²) in [5, 5.41) is 3.41. The number of aromatic amines is 1. The van der Waals surface area contributed by atoms with Gasteiger partial charge in [-0.25, -0.2) is 4.98 Å². The van der Waals surface area contributed by atoms with Crippen LogP contribution in [0.1, 0.15) is 18.4 Å². The van der Waals surface area contributed by atoms with Gasteiger partial charge in [0.05, 0.1) is 13.2 Å². The Labute approximate surface area is 84.1 Å². The van der Waals surface area contributed by atoms with Gasteiger partial charge in [-0.05, 0) is 6.92 Å². The zero-order chi connectivity index (χ0) is 10.0. The fourth-order valence-electron chi connectivity index (χ4n) is 1.61. The molecule has 0 radical (unpaired) electrons. The topological polar surface area (TPSA) is 49.9 Å². The highest BCUT2D eigenvalue weighted by Crippen LogP contribution is 2.25. The van der Waals surface area contributed by atoms with Crippen LogP contribution in [0.25, 0.3) is 0 Å². The van der Waals surface area contributed by atoms with Crippen molar-refractivity contribution in [2.45, 2.75) is 20.4 Å². The van der Waals surface area contributed by atoms with Crippen LogP contribution in [-0.4, -0.2) is 29.7 Å². The van der Waals surface area contributed by atoms with E-state index in [1.165, 1.54) is 0 Å². The summed E-state index contributed by atoms with van der Waals surface area (Å²) in [6.45, 7) is 7.82. The predicted molar refractivity (Wildman–Crippen MR) is 54.0 cm³/mol. The number of nitrogens with zero attached hydrogens (tertiary/aromatic N) is 1. The number of hydrogen-bond acceptors (Lipinski definition) is 3. The van der Waals surface area contributed by atoms with E-state index in [-0.39, 0.29) is 0 Å². The van der Waals surface area contributed by atoms with E-state index in [0.717, 1.165) is 37.8 Å². The normalized spacial score (nSPS) is 19.3. The van der Waals surface area contributed by atoms with Crippen molar-refractivity contribution >= 4 is 0 Å². The summed E-state index contributed by atoms with van der Waals surface area (Å²) in [5.74, 6) is 0.972. The molecule has 0 aromatic carbocycles. The highest BCUT2D eigenvalue weighted by atomic mass is 16.5. The average Bonchev–Trinajstić information content (AvgIpc) is 2.49. The number of nitrogens with one attached hydrogen (secondary N) is 2. The lowest BCUT2D eigenvalue weighted by Gasteiger charge is -2.38. The molecule has 2 N–H and O–H groups in total. The molecule has 14 heavy (non-hydrogen) atoms. The number of hydrogen-bond donors (Lipinski definition) is 2. The maximum atomic E-state index is 5.18. The van der Waals surface area contributed by atoms with Crippen LogP contribution in [0.4, 0.5) is 0 Å². The Morgan fingerprint density at radius 2 is 2.43 bits per heavy atom. The first kappa shape index (κ1) is 9.68. The number of aryl methyl sites for hydroxylation is 1. The summed E-state index contributed by atoms with van der Waals surface area (Å²) < 4.78 is 5.18. The first-order valence-electron chi connectivity index (χ1n) is 4.97. The standard InChI is InChI=1S/C10H17N3O/c1-8-12-4-9(13-8)3-11-5-10(2)6-14-7-10/h4,11H,3,5-7H2,1-2H3,(H,12,13). The predicted octanol–water partition coefficient (Wildman–Crippen LogP) is 0.844. The zero-order valence-electron chi connectivity index (χ0n) is 8.76. The zero-order valence-corrected chi connectivity index (χ0v) is 8.76. The number of aromatic nitrogens is 2. The third-order valence-corrected chi connectivity index (χ3v) is 2.52. The van der Waals surface area contributed by atoms with Crippen LogP contribution in [0.3, 0.4) is 0 Å². The second-order valence-electron chi connectivity index (χ2n) is 4.40. The van der Waals surface area contributed by atoms with Crippen LogP contribution >= 0.6 is 0 Å². The number of H-pyrrole nitrogens is 1. The molecule has 0 saturated carbocycles. The van der Waals surface area contributed by atoms with E-state index in [0.29, 0.717) is 5.41 Å². The lowest BCUT2D eigenvalue weighted by Crippen LogP contribution is -2.47. The molecule has 2 heterocycles. The van der Waals surface area contributed by atoms with Crippen molar-refractivity contribution < 1.29 is 4.74 Å². The van der Waals surface area contributed by atoms with Gasteiger partial charge >= 0.3 is 0 Å². The Bertz CT molecular complexity index is 304. The van der Waals surface area contributed by atoms with Crippen molar-refractivity contribution in [2.75, 3.05) is 19.8 Å². The van der Waals surface area contributed by atoms with Gasteiger partial charge in [0.25, 0.3) is 0 Å². The van der Waals surface area contributed by atoms with Crippen LogP contribution in [-0.2, 0) is 11.3 Å². The van der Waals surface area contributed by atoms with Gasteiger partial charge in [0.1, 0.15) is 5.82 Å². The molecule has 0 amide bonds. The molecule has 0 aliphatic carbocycles. The highest BCUT2D eigenvalue weighted by Gasteiger charge is 2.32. The first-order valence-corrected chi connectivity index (χ1v) is 4.97. The van der Waals surface area contributed by atoms with E-state index in [1.807, 2.05) is 13.1 Å². The molecule has 4 heteroatoms. The van der Waals surface area contributed by atoms with Crippen molar-refractivity contribution in [1.82, 2.24) is 15.3 Å². The van der Waals surface area contributed by atoms with Gasteiger partial charge in [-0.3, -0.25) is 0 Å². The fourth-order valence-corrected chi connectivity index (χ4v) is 1.61. The SMILES string of the molecule is Cc1ncc(CNCC2(C)COC2)[nH]1. The molecule has 78 valence electrons. The Hall–Kier alpha value is -0.870. The van der Waals surface area contributed by atoms with Crippen LogP contribution in [0.5, 0.6) is 0 Å². The van der Waals surface area contributed by atoms with Crippen molar-refractivity contribution in [3.8, 4) is 0 Å². The molecule has 0 bridgehead atoms. The van der Waals surface area contributed by atoms with Gasteiger partial charge in [-0.15, -0.1) is 0 Å². The minimum absolute atomic E-state index is 0.342. The number of ether oxygens (including phenoxy) is 1. The number of rotatable bonds is 4. The minimum atomic E-state index is 0.342. The fraction of sp³-hybridized carbons (Fsp3) is 0.700. The van der Waals surface area contributed by atoms with Crippen molar-refractivity contribution in [2.24, 2.45) is 5.41 Å². The molecule has 1 aromatic rings. The van der Waals surface area contributed by atoms with E-state index in [4.69, 9.17) is 4.74 Å². The molecule has 0 unspecified atom stereocenters. The molecule has 0 spiro atoms. The van der Waals surface area contributed by atoms with Gasteiger partial charge < -0.3 is 15.0 Å². The second-order valence-corrected chi connectivity index (χ2v) is 4.40. The first-order chi connectivity index (χ1) is 6.68. The maximum absolute atomic E-state index is 5.18. The van der Waals surface area contributed by atoms with Crippen LogP contribution in [0.2, 0.25) is 0 Å². The van der Waals surface area contributed by atoms with Gasteiger partial charge in [-0.1, -0.05) is 6.92 Å². The number of imidazole rings is 1. The maximum Gasteiger partial charge on any atom is 0.103 e. The summed E-state index contributed by atoms with van der Waals surface area (Å²) in [6.07, 6.45) is 1.88. The van der Waals surface area contributed by atoms with Crippen molar-refractivity contribution in [1.29, 1.82) is 0 Å². The Morgan fingerprint density at radius 1 is 1.64 bits per heavy atom. The molecule has 1 aliphatic heterocycles. The molecular formula is C10H17N3O. The van der Waals surface area contributed by atoms with Crippen LogP contribution in [0.15, 0.2) is 6.20 Å². The lowest BCUT2D eigenvalue weighted by molar-refractivity contribution is -0.0991. The monoisotopic (exact) mass is 195 g/mol. The summed E-state index contributed by atoms with van der Waals surface area (Å²) in [4.78, 5) is 7.34. The molecule has 1 aliphatic rings. The van der Waals surface area contributed by atoms with E-state index < -0.39 is 0 Å². The van der Waals surface area contributed by atoms with Gasteiger partial charge in [0.15, 0.2) is 0 Å². The summed E-state index contributed by atoms with van der Waals surface area (Å²) >= 11 is 0. The van der Waals surface area contributed by atoms with Gasteiger partial charge in [0, 0.05) is 30.4 Å². The summed E-state index contributed by atoms with van der Waals surface area (Å²) in [7, 11) is 0. The molecule has 1 aromatic heterocycles. The second kappa shape index (κ2) is 3.71. The summed E-state index contributed by atoms with van der Waals surface area (Å²) in [5.41, 5.74) is 1.49. The minimum Gasteiger partial charge on any atom is -0.380 e. The van der Waals surface area contributed by atoms with Crippen LogP contribution < -0.4 is 5.32 Å². The Morgan fingerprint density at radius 3 is 2.93 bits per heavy atom. The highest BCUT2D eigenvalue weighted by molar-refractivity contribution is 4.99. The van der Waals surface area contributed by atoms with E-state index in [9.17, 15) is 0 Å². The van der Waals surface area contributed by atoms with Crippen molar-refractivity contribution in [3.05, 3.63) is 17.7 Å². The molecule has 4 nitrogen and oxygen atoms in total. The van der Waals surface area contributed by atoms with E-state index in [2.05, 4.69) is 22.2 Å².